The maximum atomic E-state index is 13.5. The Balaban J connectivity index is 1.88. The second-order valence-electron chi connectivity index (χ2n) is 7.31. The number of nitrogens with zero attached hydrogens (tertiary/aromatic N) is 1. The molecule has 0 bridgehead atoms. The van der Waals surface area contributed by atoms with E-state index in [2.05, 4.69) is 5.32 Å². The minimum absolute atomic E-state index is 0.0586. The van der Waals surface area contributed by atoms with Gasteiger partial charge in [0, 0.05) is 6.54 Å². The van der Waals surface area contributed by atoms with Gasteiger partial charge in [-0.2, -0.15) is 0 Å². The molecule has 0 heterocycles. The molecule has 1 amide bonds. The van der Waals surface area contributed by atoms with Crippen molar-refractivity contribution in [1.29, 1.82) is 0 Å². The number of ether oxygens (including phenoxy) is 4. The predicted octanol–water partition coefficient (Wildman–Crippen LogP) is 3.23. The Labute approximate surface area is 205 Å². The molecule has 1 N–H and O–H groups in total. The molecule has 0 spiro atoms. The van der Waals surface area contributed by atoms with E-state index in [4.69, 9.17) is 18.9 Å². The van der Waals surface area contributed by atoms with E-state index in [0.717, 1.165) is 4.31 Å². The molecule has 0 unspecified atom stereocenters. The zero-order valence-electron chi connectivity index (χ0n) is 20.0. The lowest BCUT2D eigenvalue weighted by molar-refractivity contribution is -0.119. The maximum Gasteiger partial charge on any atom is 0.264 e. The highest BCUT2D eigenvalue weighted by molar-refractivity contribution is 7.92. The first-order chi connectivity index (χ1) is 16.8. The Hall–Kier alpha value is -3.92. The van der Waals surface area contributed by atoms with Gasteiger partial charge in [0.15, 0.2) is 11.5 Å². The number of hydrogen-bond donors (Lipinski definition) is 1. The van der Waals surface area contributed by atoms with Gasteiger partial charge in [-0.1, -0.05) is 30.3 Å². The molecule has 0 fully saturated rings. The molecule has 186 valence electrons. The predicted molar refractivity (Wildman–Crippen MR) is 132 cm³/mol. The normalized spacial score (nSPS) is 10.9. The lowest BCUT2D eigenvalue weighted by Crippen LogP contribution is -2.40. The third-order valence-corrected chi connectivity index (χ3v) is 6.96. The lowest BCUT2D eigenvalue weighted by atomic mass is 10.1. The fourth-order valence-corrected chi connectivity index (χ4v) is 4.93. The van der Waals surface area contributed by atoms with Crippen LogP contribution in [-0.2, 0) is 21.4 Å². The number of methoxy groups -OCH3 is 4. The van der Waals surface area contributed by atoms with Crippen molar-refractivity contribution in [2.24, 2.45) is 0 Å². The smallest absolute Gasteiger partial charge is 0.264 e. The van der Waals surface area contributed by atoms with Crippen LogP contribution in [0.4, 0.5) is 5.69 Å². The number of benzene rings is 3. The Morgan fingerprint density at radius 3 is 1.94 bits per heavy atom. The van der Waals surface area contributed by atoms with E-state index >= 15 is 0 Å². The summed E-state index contributed by atoms with van der Waals surface area (Å²) < 4.78 is 49.4. The van der Waals surface area contributed by atoms with Gasteiger partial charge in [0.2, 0.25) is 11.7 Å². The summed E-state index contributed by atoms with van der Waals surface area (Å²) in [5.41, 5.74) is 0.935. The Bertz CT molecular complexity index is 1240. The summed E-state index contributed by atoms with van der Waals surface area (Å²) in [4.78, 5) is 13.0. The number of carbonyl (C=O) groups is 1. The van der Waals surface area contributed by atoms with Crippen molar-refractivity contribution in [3.63, 3.8) is 0 Å². The first-order valence-corrected chi connectivity index (χ1v) is 12.1. The van der Waals surface area contributed by atoms with Crippen molar-refractivity contribution in [1.82, 2.24) is 5.32 Å². The van der Waals surface area contributed by atoms with Crippen LogP contribution >= 0.6 is 0 Å². The van der Waals surface area contributed by atoms with Gasteiger partial charge in [0.05, 0.1) is 39.0 Å². The molecule has 0 aliphatic rings. The molecule has 0 saturated carbocycles. The molecule has 35 heavy (non-hydrogen) atoms. The minimum atomic E-state index is -4.06. The Kier molecular flexibility index (Phi) is 8.43. The Morgan fingerprint density at radius 1 is 0.800 bits per heavy atom. The number of nitrogens with one attached hydrogen (secondary N) is 1. The van der Waals surface area contributed by atoms with Crippen LogP contribution in [-0.4, -0.2) is 49.3 Å². The highest BCUT2D eigenvalue weighted by Crippen LogP contribution is 2.38. The van der Waals surface area contributed by atoms with Gasteiger partial charge in [-0.15, -0.1) is 0 Å². The number of sulfonamides is 1. The standard InChI is InChI=1S/C25H28N2O7S/c1-31-21-13-9-8-12-20(21)27(35(29,30)19-10-6-5-7-11-19)17-24(28)26-16-18-14-22(32-2)25(34-4)23(15-18)33-3/h5-15H,16-17H2,1-4H3,(H,26,28). The van der Waals surface area contributed by atoms with Crippen LogP contribution in [0.2, 0.25) is 0 Å². The van der Waals surface area contributed by atoms with E-state index in [1.165, 1.54) is 40.6 Å². The summed E-state index contributed by atoms with van der Waals surface area (Å²) in [5, 5.41) is 2.76. The van der Waals surface area contributed by atoms with Crippen molar-refractivity contribution >= 4 is 21.6 Å². The zero-order valence-corrected chi connectivity index (χ0v) is 20.8. The molecule has 0 saturated heterocycles. The maximum absolute atomic E-state index is 13.5. The van der Waals surface area contributed by atoms with Crippen LogP contribution in [0.3, 0.4) is 0 Å². The summed E-state index contributed by atoms with van der Waals surface area (Å²) >= 11 is 0. The van der Waals surface area contributed by atoms with Gasteiger partial charge in [-0.25, -0.2) is 8.42 Å². The third kappa shape index (κ3) is 5.78. The fraction of sp³-hybridized carbons (Fsp3) is 0.240. The first-order valence-electron chi connectivity index (χ1n) is 10.6. The van der Waals surface area contributed by atoms with Gasteiger partial charge in [0.1, 0.15) is 12.3 Å². The number of amides is 1. The molecule has 3 aromatic rings. The molecular weight excluding hydrogens is 472 g/mol. The number of para-hydroxylation sites is 2. The number of rotatable bonds is 11. The second-order valence-corrected chi connectivity index (χ2v) is 9.17. The molecule has 0 atom stereocenters. The van der Waals surface area contributed by atoms with E-state index < -0.39 is 22.5 Å². The van der Waals surface area contributed by atoms with Crippen LogP contribution in [0.1, 0.15) is 5.56 Å². The van der Waals surface area contributed by atoms with Crippen molar-refractivity contribution < 1.29 is 32.2 Å². The molecule has 3 rings (SSSR count). The van der Waals surface area contributed by atoms with Crippen LogP contribution in [0.15, 0.2) is 71.6 Å². The topological polar surface area (TPSA) is 103 Å². The molecule has 3 aromatic carbocycles. The molecule has 0 aliphatic heterocycles. The van der Waals surface area contributed by atoms with Crippen molar-refractivity contribution in [3.8, 4) is 23.0 Å². The van der Waals surface area contributed by atoms with E-state index in [-0.39, 0.29) is 17.1 Å². The molecule has 0 aromatic heterocycles. The first kappa shape index (κ1) is 25.7. The van der Waals surface area contributed by atoms with Crippen molar-refractivity contribution in [2.45, 2.75) is 11.4 Å². The van der Waals surface area contributed by atoms with Gasteiger partial charge in [-0.3, -0.25) is 9.10 Å². The molecule has 0 radical (unpaired) electrons. The minimum Gasteiger partial charge on any atom is -0.495 e. The van der Waals surface area contributed by atoms with Crippen molar-refractivity contribution in [3.05, 3.63) is 72.3 Å². The second kappa shape index (κ2) is 11.5. The average Bonchev–Trinajstić information content (AvgIpc) is 2.90. The molecule has 0 aliphatic carbocycles. The zero-order chi connectivity index (χ0) is 25.4. The van der Waals surface area contributed by atoms with E-state index in [9.17, 15) is 13.2 Å². The quantitative estimate of drug-likeness (QED) is 0.431. The number of anilines is 1. The van der Waals surface area contributed by atoms with Crippen LogP contribution < -0.4 is 28.6 Å². The van der Waals surface area contributed by atoms with Crippen LogP contribution in [0.25, 0.3) is 0 Å². The highest BCUT2D eigenvalue weighted by Gasteiger charge is 2.29. The van der Waals surface area contributed by atoms with Gasteiger partial charge in [0.25, 0.3) is 10.0 Å². The lowest BCUT2D eigenvalue weighted by Gasteiger charge is -2.25. The SMILES string of the molecule is COc1ccccc1N(CC(=O)NCc1cc(OC)c(OC)c(OC)c1)S(=O)(=O)c1ccccc1. The summed E-state index contributed by atoms with van der Waals surface area (Å²) in [6.45, 7) is -0.345. The Morgan fingerprint density at radius 2 is 1.37 bits per heavy atom. The highest BCUT2D eigenvalue weighted by atomic mass is 32.2. The summed E-state index contributed by atoms with van der Waals surface area (Å²) in [6, 6.07) is 18.0. The van der Waals surface area contributed by atoms with Crippen LogP contribution in [0, 0.1) is 0 Å². The van der Waals surface area contributed by atoms with E-state index in [1.807, 2.05) is 0 Å². The average molecular weight is 501 g/mol. The molecule has 10 heteroatoms. The molecular formula is C25H28N2O7S. The largest absolute Gasteiger partial charge is 0.495 e. The monoisotopic (exact) mass is 500 g/mol. The van der Waals surface area contributed by atoms with Gasteiger partial charge >= 0.3 is 0 Å². The van der Waals surface area contributed by atoms with E-state index in [1.54, 1.807) is 54.6 Å². The summed E-state index contributed by atoms with van der Waals surface area (Å²) in [6.07, 6.45) is 0. The van der Waals surface area contributed by atoms with Crippen LogP contribution in [0.5, 0.6) is 23.0 Å². The summed E-state index contributed by atoms with van der Waals surface area (Å²) in [5.74, 6) is 1.13. The van der Waals surface area contributed by atoms with Gasteiger partial charge < -0.3 is 24.3 Å². The van der Waals surface area contributed by atoms with Crippen molar-refractivity contribution in [2.75, 3.05) is 39.3 Å². The number of hydrogen-bond acceptors (Lipinski definition) is 7. The number of carbonyl (C=O) groups excluding carboxylic acids is 1. The molecule has 9 nitrogen and oxygen atoms in total. The fourth-order valence-electron chi connectivity index (χ4n) is 3.48. The third-order valence-electron chi connectivity index (χ3n) is 5.19. The summed E-state index contributed by atoms with van der Waals surface area (Å²) in [7, 11) is 1.88. The van der Waals surface area contributed by atoms with E-state index in [0.29, 0.717) is 28.6 Å². The van der Waals surface area contributed by atoms with Gasteiger partial charge in [-0.05, 0) is 42.0 Å².